The van der Waals surface area contributed by atoms with Gasteiger partial charge in [-0.05, 0) is 6.92 Å². The average Bonchev–Trinajstić information content (AvgIpc) is 2.26. The first-order valence-corrected chi connectivity index (χ1v) is 6.28. The van der Waals surface area contributed by atoms with Gasteiger partial charge in [-0.1, -0.05) is 15.9 Å². The molecule has 1 aromatic rings. The van der Waals surface area contributed by atoms with Crippen LogP contribution in [0.5, 0.6) is 0 Å². The Morgan fingerprint density at radius 3 is 2.88 bits per heavy atom. The lowest BCUT2D eigenvalue weighted by Crippen LogP contribution is -2.32. The SMILES string of the molecule is Cc1cn(CO[C@H](CCl)CBr)c(=O)[nH]c1=O. The smallest absolute Gasteiger partial charge is 0.330 e. The molecule has 0 aliphatic carbocycles. The molecule has 0 aliphatic rings. The van der Waals surface area contributed by atoms with Crippen LogP contribution in [0, 0.1) is 6.92 Å². The monoisotopic (exact) mass is 310 g/mol. The van der Waals surface area contributed by atoms with Crippen LogP contribution in [-0.2, 0) is 11.5 Å². The fraction of sp³-hybridized carbons (Fsp3) is 0.556. The van der Waals surface area contributed by atoms with Crippen molar-refractivity contribution in [3.8, 4) is 0 Å². The van der Waals surface area contributed by atoms with Crippen molar-refractivity contribution >= 4 is 27.5 Å². The molecule has 1 rings (SSSR count). The highest BCUT2D eigenvalue weighted by Gasteiger charge is 2.07. The quantitative estimate of drug-likeness (QED) is 0.819. The summed E-state index contributed by atoms with van der Waals surface area (Å²) in [4.78, 5) is 24.7. The minimum absolute atomic E-state index is 0.0689. The molecule has 1 aromatic heterocycles. The van der Waals surface area contributed by atoms with Crippen molar-refractivity contribution in [3.63, 3.8) is 0 Å². The zero-order valence-corrected chi connectivity index (χ0v) is 11.0. The molecule has 0 unspecified atom stereocenters. The highest BCUT2D eigenvalue weighted by Crippen LogP contribution is 2.00. The van der Waals surface area contributed by atoms with Crippen LogP contribution in [0.25, 0.3) is 0 Å². The molecular weight excluding hydrogens is 299 g/mol. The second kappa shape index (κ2) is 6.22. The van der Waals surface area contributed by atoms with Crippen molar-refractivity contribution in [3.05, 3.63) is 32.6 Å². The molecule has 7 heteroatoms. The zero-order valence-electron chi connectivity index (χ0n) is 8.70. The van der Waals surface area contributed by atoms with E-state index in [0.29, 0.717) is 16.8 Å². The van der Waals surface area contributed by atoms with Crippen LogP contribution in [0.2, 0.25) is 0 Å². The molecule has 0 bridgehead atoms. The van der Waals surface area contributed by atoms with E-state index < -0.39 is 5.69 Å². The largest absolute Gasteiger partial charge is 0.355 e. The third-order valence-corrected chi connectivity index (χ3v) is 3.05. The summed E-state index contributed by atoms with van der Waals surface area (Å²) in [7, 11) is 0. The maximum atomic E-state index is 11.4. The van der Waals surface area contributed by atoms with E-state index in [4.69, 9.17) is 16.3 Å². The molecule has 0 spiro atoms. The van der Waals surface area contributed by atoms with Gasteiger partial charge in [-0.15, -0.1) is 11.6 Å². The normalized spacial score (nSPS) is 12.7. The van der Waals surface area contributed by atoms with Crippen molar-refractivity contribution in [2.75, 3.05) is 11.2 Å². The number of aromatic nitrogens is 2. The summed E-state index contributed by atoms with van der Waals surface area (Å²) in [5, 5.41) is 0.591. The van der Waals surface area contributed by atoms with Gasteiger partial charge in [0.25, 0.3) is 5.56 Å². The Kier molecular flexibility index (Phi) is 5.24. The van der Waals surface area contributed by atoms with Crippen LogP contribution in [0.15, 0.2) is 15.8 Å². The van der Waals surface area contributed by atoms with Gasteiger partial charge in [0.2, 0.25) is 0 Å². The minimum Gasteiger partial charge on any atom is -0.355 e. The van der Waals surface area contributed by atoms with Gasteiger partial charge in [0.05, 0.1) is 6.10 Å². The van der Waals surface area contributed by atoms with Crippen LogP contribution < -0.4 is 11.2 Å². The third-order valence-electron chi connectivity index (χ3n) is 1.98. The standard InChI is InChI=1S/C9H12BrClN2O3/c1-6-4-13(9(15)12-8(6)14)5-16-7(2-10)3-11/h4,7H,2-3,5H2,1H3,(H,12,14,15)/t7-/m0/s1. The van der Waals surface area contributed by atoms with Gasteiger partial charge < -0.3 is 4.74 Å². The summed E-state index contributed by atoms with van der Waals surface area (Å²) in [5.74, 6) is 0.336. The fourth-order valence-corrected chi connectivity index (χ4v) is 1.91. The molecule has 0 fully saturated rings. The Morgan fingerprint density at radius 2 is 2.31 bits per heavy atom. The number of halogens is 2. The molecule has 1 N–H and O–H groups in total. The van der Waals surface area contributed by atoms with E-state index in [-0.39, 0.29) is 18.4 Å². The van der Waals surface area contributed by atoms with E-state index in [2.05, 4.69) is 20.9 Å². The lowest BCUT2D eigenvalue weighted by molar-refractivity contribution is 0.0311. The number of aromatic amines is 1. The fourth-order valence-electron chi connectivity index (χ4n) is 1.03. The Hall–Kier alpha value is -0.590. The number of nitrogens with zero attached hydrogens (tertiary/aromatic N) is 1. The van der Waals surface area contributed by atoms with Gasteiger partial charge in [0.15, 0.2) is 0 Å². The summed E-state index contributed by atoms with van der Waals surface area (Å²) >= 11 is 8.87. The van der Waals surface area contributed by atoms with E-state index >= 15 is 0 Å². The Morgan fingerprint density at radius 1 is 1.62 bits per heavy atom. The number of rotatable bonds is 5. The molecule has 1 atom stereocenters. The van der Waals surface area contributed by atoms with Gasteiger partial charge >= 0.3 is 5.69 Å². The molecule has 1 heterocycles. The van der Waals surface area contributed by atoms with Crippen molar-refractivity contribution in [2.24, 2.45) is 0 Å². The van der Waals surface area contributed by atoms with E-state index in [1.807, 2.05) is 0 Å². The highest BCUT2D eigenvalue weighted by atomic mass is 79.9. The highest BCUT2D eigenvalue weighted by molar-refractivity contribution is 9.09. The first-order valence-electron chi connectivity index (χ1n) is 4.62. The van der Waals surface area contributed by atoms with Gasteiger partial charge in [-0.2, -0.15) is 0 Å². The van der Waals surface area contributed by atoms with Crippen LogP contribution in [-0.4, -0.2) is 26.9 Å². The van der Waals surface area contributed by atoms with Crippen LogP contribution in [0.3, 0.4) is 0 Å². The molecule has 0 aromatic carbocycles. The summed E-state index contributed by atoms with van der Waals surface area (Å²) in [6.45, 7) is 1.69. The molecule has 16 heavy (non-hydrogen) atoms. The summed E-state index contributed by atoms with van der Waals surface area (Å²) in [6.07, 6.45) is 1.29. The molecule has 0 amide bonds. The van der Waals surface area contributed by atoms with Gasteiger partial charge in [-0.25, -0.2) is 4.79 Å². The van der Waals surface area contributed by atoms with E-state index in [1.54, 1.807) is 6.92 Å². The number of H-pyrrole nitrogens is 1. The topological polar surface area (TPSA) is 64.1 Å². The first kappa shape index (κ1) is 13.5. The molecule has 0 saturated heterocycles. The predicted octanol–water partition coefficient (Wildman–Crippen LogP) is 0.821. The second-order valence-corrected chi connectivity index (χ2v) is 4.22. The molecule has 0 saturated carbocycles. The third kappa shape index (κ3) is 3.47. The van der Waals surface area contributed by atoms with E-state index in [9.17, 15) is 9.59 Å². The predicted molar refractivity (Wildman–Crippen MR) is 65.4 cm³/mol. The number of hydrogen-bond acceptors (Lipinski definition) is 3. The van der Waals surface area contributed by atoms with Gasteiger partial charge in [0.1, 0.15) is 6.73 Å². The zero-order chi connectivity index (χ0) is 12.1. The minimum atomic E-state index is -0.488. The molecular formula is C9H12BrClN2O3. The Bertz CT molecular complexity index is 453. The maximum absolute atomic E-state index is 11.4. The lowest BCUT2D eigenvalue weighted by atomic mass is 10.4. The molecule has 0 radical (unpaired) electrons. The van der Waals surface area contributed by atoms with Crippen LogP contribution in [0.1, 0.15) is 5.56 Å². The summed E-state index contributed by atoms with van der Waals surface area (Å²) < 4.78 is 6.65. The Balaban J connectivity index is 2.78. The lowest BCUT2D eigenvalue weighted by Gasteiger charge is -2.13. The molecule has 90 valence electrons. The van der Waals surface area contributed by atoms with Crippen molar-refractivity contribution in [1.82, 2.24) is 9.55 Å². The first-order chi connectivity index (χ1) is 7.58. The summed E-state index contributed by atoms with van der Waals surface area (Å²) in [5.41, 5.74) is -0.404. The van der Waals surface area contributed by atoms with E-state index in [1.165, 1.54) is 10.8 Å². The van der Waals surface area contributed by atoms with Crippen LogP contribution in [0.4, 0.5) is 0 Å². The molecule has 0 aliphatic heterocycles. The number of ether oxygens (including phenoxy) is 1. The van der Waals surface area contributed by atoms with Gasteiger partial charge in [-0.3, -0.25) is 14.3 Å². The van der Waals surface area contributed by atoms with Crippen molar-refractivity contribution in [2.45, 2.75) is 19.8 Å². The maximum Gasteiger partial charge on any atom is 0.330 e. The number of aryl methyl sites for hydroxylation is 1. The van der Waals surface area contributed by atoms with Crippen molar-refractivity contribution in [1.29, 1.82) is 0 Å². The molecule has 5 nitrogen and oxygen atoms in total. The number of hydrogen-bond donors (Lipinski definition) is 1. The van der Waals surface area contributed by atoms with Crippen LogP contribution >= 0.6 is 27.5 Å². The summed E-state index contributed by atoms with van der Waals surface area (Å²) in [6, 6.07) is 0. The Labute approximate surface area is 106 Å². The van der Waals surface area contributed by atoms with Gasteiger partial charge in [0, 0.05) is 23.0 Å². The van der Waals surface area contributed by atoms with E-state index in [0.717, 1.165) is 0 Å². The second-order valence-electron chi connectivity index (χ2n) is 3.27. The van der Waals surface area contributed by atoms with Crippen molar-refractivity contribution < 1.29 is 4.74 Å². The number of nitrogens with one attached hydrogen (secondary N) is 1. The average molecular weight is 312 g/mol. The number of alkyl halides is 2.